The number of nitrogens with one attached hydrogen (secondary N) is 2. The maximum absolute atomic E-state index is 14.0. The van der Waals surface area contributed by atoms with Gasteiger partial charge in [0.05, 0.1) is 31.3 Å². The molecule has 40 heavy (non-hydrogen) atoms. The first kappa shape index (κ1) is 33.4. The third kappa shape index (κ3) is 10.3. The van der Waals surface area contributed by atoms with Crippen LogP contribution in [0.4, 0.5) is 13.2 Å². The quantitative estimate of drug-likeness (QED) is 0.392. The summed E-state index contributed by atoms with van der Waals surface area (Å²) in [6.45, 7) is 3.55. The molecule has 0 aliphatic carbocycles. The molecule has 9 nitrogen and oxygen atoms in total. The lowest BCUT2D eigenvalue weighted by molar-refractivity contribution is -0.138. The predicted molar refractivity (Wildman–Crippen MR) is 151 cm³/mol. The van der Waals surface area contributed by atoms with Gasteiger partial charge in [-0.1, -0.05) is 28.9 Å². The zero-order valence-electron chi connectivity index (χ0n) is 22.4. The second kappa shape index (κ2) is 16.5. The first-order valence-electron chi connectivity index (χ1n) is 12.5. The highest BCUT2D eigenvalue weighted by Crippen LogP contribution is 2.33. The maximum Gasteiger partial charge on any atom is 0.337 e. The SMILES string of the molecule is CCCO.CCOC(=O)C1=C(CN2CC(F)(F)CC2C(=O)NC)NC(c2nccs2)=NC1.Fc1cccc(Br)c1. The molecule has 0 spiro atoms. The fourth-order valence-corrected chi connectivity index (χ4v) is 4.62. The Labute approximate surface area is 243 Å². The summed E-state index contributed by atoms with van der Waals surface area (Å²) in [5.41, 5.74) is 0.651. The number of rotatable bonds is 7. The van der Waals surface area contributed by atoms with Gasteiger partial charge < -0.3 is 20.5 Å². The van der Waals surface area contributed by atoms with E-state index in [0.29, 0.717) is 23.1 Å². The van der Waals surface area contributed by atoms with E-state index in [1.165, 1.54) is 35.4 Å². The van der Waals surface area contributed by atoms with Crippen LogP contribution in [-0.2, 0) is 14.3 Å². The Morgan fingerprint density at radius 3 is 2.60 bits per heavy atom. The van der Waals surface area contributed by atoms with Crippen LogP contribution >= 0.6 is 27.3 Å². The number of halogens is 4. The molecule has 4 rings (SSSR count). The monoisotopic (exact) mass is 647 g/mol. The van der Waals surface area contributed by atoms with Crippen molar-refractivity contribution in [2.75, 3.05) is 39.9 Å². The first-order chi connectivity index (χ1) is 19.0. The summed E-state index contributed by atoms with van der Waals surface area (Å²) in [7, 11) is 1.41. The summed E-state index contributed by atoms with van der Waals surface area (Å²) in [5.74, 6) is -3.78. The molecule has 220 valence electrons. The number of amidine groups is 1. The molecule has 2 aliphatic heterocycles. The normalized spacial score (nSPS) is 17.9. The summed E-state index contributed by atoms with van der Waals surface area (Å²) >= 11 is 4.48. The smallest absolute Gasteiger partial charge is 0.337 e. The number of nitrogens with zero attached hydrogens (tertiary/aromatic N) is 3. The van der Waals surface area contributed by atoms with Crippen LogP contribution in [0.25, 0.3) is 0 Å². The molecule has 1 fully saturated rings. The minimum atomic E-state index is -2.98. The lowest BCUT2D eigenvalue weighted by Gasteiger charge is -2.27. The zero-order valence-corrected chi connectivity index (χ0v) is 24.8. The van der Waals surface area contributed by atoms with Gasteiger partial charge in [-0.25, -0.2) is 22.9 Å². The second-order valence-electron chi connectivity index (χ2n) is 8.56. The lowest BCUT2D eigenvalue weighted by atomic mass is 10.1. The number of carbonyl (C=O) groups excluding carboxylic acids is 2. The third-order valence-corrected chi connectivity index (χ3v) is 6.75. The topological polar surface area (TPSA) is 116 Å². The van der Waals surface area contributed by atoms with Crippen LogP contribution in [0.3, 0.4) is 0 Å². The van der Waals surface area contributed by atoms with Gasteiger partial charge >= 0.3 is 5.97 Å². The number of aliphatic hydroxyl groups is 1. The van der Waals surface area contributed by atoms with Crippen molar-refractivity contribution in [1.82, 2.24) is 20.5 Å². The molecule has 2 aromatic rings. The Balaban J connectivity index is 0.000000387. The fraction of sp³-hybridized carbons (Fsp3) is 0.462. The van der Waals surface area contributed by atoms with Gasteiger partial charge in [0.15, 0.2) is 10.8 Å². The molecule has 1 aromatic carbocycles. The van der Waals surface area contributed by atoms with Crippen molar-refractivity contribution in [2.45, 2.75) is 38.7 Å². The Kier molecular flexibility index (Phi) is 13.7. The minimum Gasteiger partial charge on any atom is -0.463 e. The molecule has 2 aliphatic rings. The second-order valence-corrected chi connectivity index (χ2v) is 10.4. The number of aromatic nitrogens is 1. The molecule has 3 N–H and O–H groups in total. The summed E-state index contributed by atoms with van der Waals surface area (Å²) in [6, 6.07) is 5.27. The van der Waals surface area contributed by atoms with E-state index in [4.69, 9.17) is 9.84 Å². The van der Waals surface area contributed by atoms with E-state index in [9.17, 15) is 22.8 Å². The highest BCUT2D eigenvalue weighted by Gasteiger charge is 2.48. The van der Waals surface area contributed by atoms with Crippen LogP contribution in [0.1, 0.15) is 31.7 Å². The number of likely N-dealkylation sites (N-methyl/N-ethyl adjacent to an activating group) is 1. The predicted octanol–water partition coefficient (Wildman–Crippen LogP) is 3.74. The van der Waals surface area contributed by atoms with Crippen LogP contribution in [0.5, 0.6) is 0 Å². The van der Waals surface area contributed by atoms with Gasteiger partial charge in [0.1, 0.15) is 5.82 Å². The van der Waals surface area contributed by atoms with Crippen molar-refractivity contribution in [3.63, 3.8) is 0 Å². The first-order valence-corrected chi connectivity index (χ1v) is 14.2. The Hall–Kier alpha value is -2.81. The number of esters is 1. The number of aliphatic imine (C=N–C) groups is 1. The zero-order chi connectivity index (χ0) is 29.7. The van der Waals surface area contributed by atoms with E-state index >= 15 is 0 Å². The summed E-state index contributed by atoms with van der Waals surface area (Å²) in [5, 5.41) is 15.7. The lowest BCUT2D eigenvalue weighted by Crippen LogP contribution is -2.45. The molecule has 1 amide bonds. The summed E-state index contributed by atoms with van der Waals surface area (Å²) in [4.78, 5) is 34.3. The summed E-state index contributed by atoms with van der Waals surface area (Å²) in [6.07, 6.45) is 1.93. The Bertz CT molecular complexity index is 1160. The molecule has 0 bridgehead atoms. The van der Waals surface area contributed by atoms with Crippen LogP contribution in [0, 0.1) is 5.82 Å². The third-order valence-electron chi connectivity index (χ3n) is 5.47. The molecule has 14 heteroatoms. The number of hydrogen-bond donors (Lipinski definition) is 3. The van der Waals surface area contributed by atoms with Crippen molar-refractivity contribution in [3.8, 4) is 0 Å². The fourth-order valence-electron chi connectivity index (χ4n) is 3.65. The van der Waals surface area contributed by atoms with Crippen molar-refractivity contribution in [1.29, 1.82) is 0 Å². The molecule has 1 aromatic heterocycles. The van der Waals surface area contributed by atoms with Crippen LogP contribution in [0.15, 0.2) is 56.6 Å². The number of likely N-dealkylation sites (tertiary alicyclic amines) is 1. The van der Waals surface area contributed by atoms with E-state index in [0.717, 1.165) is 10.9 Å². The molecular weight excluding hydrogens is 615 g/mol. The van der Waals surface area contributed by atoms with Crippen LogP contribution in [0.2, 0.25) is 0 Å². The standard InChI is InChI=1S/C17H21F2N5O3S.C6H4BrF.C3H8O/c1-3-27-16(26)10-7-22-13(15-21-4-5-28-15)23-11(10)8-24-9-17(18,19)6-12(24)14(25)20-2;7-5-2-1-3-6(8)4-5;1-2-3-4/h4-5,12H,3,6-9H2,1-2H3,(H,20,25)(H,22,23);1-4H;4H,2-3H2,1H3. The highest BCUT2D eigenvalue weighted by atomic mass is 79.9. The number of hydrogen-bond acceptors (Lipinski definition) is 9. The Morgan fingerprint density at radius 1 is 1.35 bits per heavy atom. The van der Waals surface area contributed by atoms with Gasteiger partial charge in [-0.05, 0) is 31.5 Å². The van der Waals surface area contributed by atoms with Gasteiger partial charge in [0.25, 0.3) is 5.92 Å². The number of thiazole rings is 1. The molecular formula is C26H33BrF3N5O4S. The number of amides is 1. The number of aliphatic hydroxyl groups excluding tert-OH is 1. The molecule has 1 atom stereocenters. The number of benzene rings is 1. The van der Waals surface area contributed by atoms with E-state index in [1.807, 2.05) is 6.92 Å². The maximum atomic E-state index is 14.0. The molecule has 0 radical (unpaired) electrons. The van der Waals surface area contributed by atoms with Gasteiger partial charge in [0, 0.05) is 48.4 Å². The number of carbonyl (C=O) groups is 2. The van der Waals surface area contributed by atoms with Gasteiger partial charge in [-0.15, -0.1) is 11.3 Å². The molecule has 3 heterocycles. The Morgan fingerprint density at radius 2 is 2.08 bits per heavy atom. The number of alkyl halides is 2. The van der Waals surface area contributed by atoms with Crippen molar-refractivity contribution >= 4 is 45.0 Å². The number of ether oxygens (including phenoxy) is 1. The largest absolute Gasteiger partial charge is 0.463 e. The van der Waals surface area contributed by atoms with Gasteiger partial charge in [-0.3, -0.25) is 14.7 Å². The van der Waals surface area contributed by atoms with Crippen molar-refractivity contribution < 1.29 is 32.6 Å². The minimum absolute atomic E-state index is 0.0355. The van der Waals surface area contributed by atoms with E-state index < -0.39 is 36.8 Å². The molecule has 1 unspecified atom stereocenters. The van der Waals surface area contributed by atoms with Gasteiger partial charge in [0.2, 0.25) is 5.91 Å². The van der Waals surface area contributed by atoms with Crippen molar-refractivity contribution in [2.24, 2.45) is 4.99 Å². The van der Waals surface area contributed by atoms with Crippen molar-refractivity contribution in [3.05, 3.63) is 62.4 Å². The molecule has 1 saturated heterocycles. The van der Waals surface area contributed by atoms with E-state index in [-0.39, 0.29) is 31.1 Å². The van der Waals surface area contributed by atoms with E-state index in [2.05, 4.69) is 36.5 Å². The highest BCUT2D eigenvalue weighted by molar-refractivity contribution is 9.10. The van der Waals surface area contributed by atoms with Crippen LogP contribution in [-0.4, -0.2) is 84.6 Å². The average Bonchev–Trinajstić information content (AvgIpc) is 3.56. The van der Waals surface area contributed by atoms with Gasteiger partial charge in [-0.2, -0.15) is 0 Å². The molecule has 0 saturated carbocycles. The van der Waals surface area contributed by atoms with Crippen LogP contribution < -0.4 is 10.6 Å². The summed E-state index contributed by atoms with van der Waals surface area (Å²) < 4.78 is 46.0. The average molecular weight is 649 g/mol. The van der Waals surface area contributed by atoms with E-state index in [1.54, 1.807) is 30.6 Å².